The van der Waals surface area contributed by atoms with Gasteiger partial charge in [0.15, 0.2) is 23.1 Å². The molecule has 0 unspecified atom stereocenters. The van der Waals surface area contributed by atoms with Crippen LogP contribution in [0.1, 0.15) is 115 Å². The van der Waals surface area contributed by atoms with Crippen LogP contribution in [-0.2, 0) is 0 Å². The molecular formula is C40H38O4S4. The Morgan fingerprint density at radius 3 is 1.06 bits per heavy atom. The SMILES string of the molecule is O=C1c2ccccc2C(=O)c2c(SCCCCCCSSCCCCCCSc3cccc4c3C(=O)c3ccccc3C4=O)cccc21. The van der Waals surface area contributed by atoms with Gasteiger partial charge in [0, 0.05) is 65.8 Å². The van der Waals surface area contributed by atoms with Gasteiger partial charge in [-0.25, -0.2) is 0 Å². The highest BCUT2D eigenvalue weighted by Gasteiger charge is 2.32. The summed E-state index contributed by atoms with van der Waals surface area (Å²) in [7, 11) is 3.95. The molecule has 0 fully saturated rings. The molecule has 0 amide bonds. The number of unbranched alkanes of at least 4 members (excludes halogenated alkanes) is 6. The average Bonchev–Trinajstić information content (AvgIpc) is 3.12. The van der Waals surface area contributed by atoms with Crippen LogP contribution < -0.4 is 0 Å². The maximum atomic E-state index is 13.2. The van der Waals surface area contributed by atoms with Crippen molar-refractivity contribution in [1.29, 1.82) is 0 Å². The first-order chi connectivity index (χ1) is 23.6. The number of hydrogen-bond acceptors (Lipinski definition) is 8. The van der Waals surface area contributed by atoms with Gasteiger partial charge in [-0.05, 0) is 49.3 Å². The molecule has 0 aliphatic heterocycles. The molecule has 2 aliphatic rings. The van der Waals surface area contributed by atoms with E-state index < -0.39 is 0 Å². The molecule has 0 aromatic heterocycles. The zero-order chi connectivity index (χ0) is 33.3. The summed E-state index contributed by atoms with van der Waals surface area (Å²) in [6.07, 6.45) is 9.38. The Hall–Kier alpha value is -3.04. The average molecular weight is 711 g/mol. The zero-order valence-corrected chi connectivity index (χ0v) is 30.1. The van der Waals surface area contributed by atoms with Crippen LogP contribution in [0.3, 0.4) is 0 Å². The Balaban J connectivity index is 0.794. The maximum Gasteiger partial charge on any atom is 0.195 e. The van der Waals surface area contributed by atoms with Crippen molar-refractivity contribution in [2.75, 3.05) is 23.0 Å². The van der Waals surface area contributed by atoms with E-state index in [0.29, 0.717) is 44.5 Å². The lowest BCUT2D eigenvalue weighted by molar-refractivity contribution is 0.0977. The predicted molar refractivity (Wildman–Crippen MR) is 203 cm³/mol. The van der Waals surface area contributed by atoms with E-state index in [0.717, 1.165) is 34.1 Å². The fourth-order valence-corrected chi connectivity index (χ4v) is 10.7. The van der Waals surface area contributed by atoms with E-state index in [1.165, 1.54) is 50.0 Å². The number of ketones is 4. The van der Waals surface area contributed by atoms with Gasteiger partial charge in [-0.2, -0.15) is 0 Å². The van der Waals surface area contributed by atoms with Gasteiger partial charge in [0.05, 0.1) is 0 Å². The lowest BCUT2D eigenvalue weighted by atomic mass is 9.84. The molecule has 2 aliphatic carbocycles. The number of benzene rings is 4. The van der Waals surface area contributed by atoms with Crippen molar-refractivity contribution in [2.45, 2.75) is 61.2 Å². The van der Waals surface area contributed by atoms with Crippen LogP contribution >= 0.6 is 45.1 Å². The molecule has 4 nitrogen and oxygen atoms in total. The molecule has 0 saturated heterocycles. The van der Waals surface area contributed by atoms with E-state index in [4.69, 9.17) is 0 Å². The highest BCUT2D eigenvalue weighted by atomic mass is 33.1. The minimum absolute atomic E-state index is 0.0387. The van der Waals surface area contributed by atoms with Crippen molar-refractivity contribution in [3.8, 4) is 0 Å². The lowest BCUT2D eigenvalue weighted by Gasteiger charge is -2.19. The summed E-state index contributed by atoms with van der Waals surface area (Å²) in [5, 5.41) is 0. The molecular weight excluding hydrogens is 673 g/mol. The van der Waals surface area contributed by atoms with Gasteiger partial charge in [0.1, 0.15) is 0 Å². The smallest absolute Gasteiger partial charge is 0.195 e. The summed E-state index contributed by atoms with van der Waals surface area (Å²) in [5.41, 5.74) is 4.26. The Labute approximate surface area is 299 Å². The molecule has 4 aromatic carbocycles. The van der Waals surface area contributed by atoms with Gasteiger partial charge in [0.2, 0.25) is 0 Å². The first-order valence-electron chi connectivity index (χ1n) is 16.7. The van der Waals surface area contributed by atoms with Crippen LogP contribution in [0, 0.1) is 0 Å². The molecule has 48 heavy (non-hydrogen) atoms. The highest BCUT2D eigenvalue weighted by Crippen LogP contribution is 2.36. The first-order valence-corrected chi connectivity index (χ1v) is 21.1. The van der Waals surface area contributed by atoms with Crippen molar-refractivity contribution in [2.24, 2.45) is 0 Å². The first kappa shape index (κ1) is 34.8. The quantitative estimate of drug-likeness (QED) is 0.0526. The molecule has 0 radical (unpaired) electrons. The molecule has 0 heterocycles. The molecule has 0 atom stereocenters. The molecule has 6 rings (SSSR count). The van der Waals surface area contributed by atoms with Gasteiger partial charge < -0.3 is 0 Å². The second-order valence-electron chi connectivity index (χ2n) is 11.9. The molecule has 246 valence electrons. The summed E-state index contributed by atoms with van der Waals surface area (Å²) in [5.74, 6) is 4.04. The van der Waals surface area contributed by atoms with Crippen molar-refractivity contribution in [3.05, 3.63) is 129 Å². The van der Waals surface area contributed by atoms with E-state index in [-0.39, 0.29) is 23.1 Å². The van der Waals surface area contributed by atoms with Gasteiger partial charge in [-0.15, -0.1) is 23.5 Å². The van der Waals surface area contributed by atoms with E-state index >= 15 is 0 Å². The number of hydrogen-bond donors (Lipinski definition) is 0. The van der Waals surface area contributed by atoms with E-state index in [1.807, 2.05) is 70.1 Å². The number of carbonyl (C=O) groups excluding carboxylic acids is 4. The summed E-state index contributed by atoms with van der Waals surface area (Å²) >= 11 is 3.38. The third-order valence-electron chi connectivity index (χ3n) is 8.67. The van der Waals surface area contributed by atoms with E-state index in [1.54, 1.807) is 59.9 Å². The second-order valence-corrected chi connectivity index (χ2v) is 16.9. The molecule has 0 N–H and O–H groups in total. The topological polar surface area (TPSA) is 68.3 Å². The van der Waals surface area contributed by atoms with Crippen LogP contribution in [0.2, 0.25) is 0 Å². The van der Waals surface area contributed by atoms with Crippen molar-refractivity contribution < 1.29 is 19.2 Å². The predicted octanol–water partition coefficient (Wildman–Crippen LogP) is 10.6. The minimum Gasteiger partial charge on any atom is -0.289 e. The number of thioether (sulfide) groups is 2. The molecule has 0 spiro atoms. The van der Waals surface area contributed by atoms with Crippen molar-refractivity contribution in [1.82, 2.24) is 0 Å². The van der Waals surface area contributed by atoms with Crippen LogP contribution in [0.25, 0.3) is 0 Å². The van der Waals surface area contributed by atoms with Gasteiger partial charge >= 0.3 is 0 Å². The number of carbonyl (C=O) groups is 4. The second kappa shape index (κ2) is 17.1. The van der Waals surface area contributed by atoms with E-state index in [2.05, 4.69) is 0 Å². The summed E-state index contributed by atoms with van der Waals surface area (Å²) in [6, 6.07) is 25.5. The maximum absolute atomic E-state index is 13.2. The summed E-state index contributed by atoms with van der Waals surface area (Å²) < 4.78 is 0. The van der Waals surface area contributed by atoms with Crippen LogP contribution in [0.15, 0.2) is 94.7 Å². The van der Waals surface area contributed by atoms with Gasteiger partial charge in [-0.3, -0.25) is 19.2 Å². The fraction of sp³-hybridized carbons (Fsp3) is 0.300. The summed E-state index contributed by atoms with van der Waals surface area (Å²) in [6.45, 7) is 0. The highest BCUT2D eigenvalue weighted by molar-refractivity contribution is 8.76. The van der Waals surface area contributed by atoms with E-state index in [9.17, 15) is 19.2 Å². The van der Waals surface area contributed by atoms with Crippen molar-refractivity contribution in [3.63, 3.8) is 0 Å². The van der Waals surface area contributed by atoms with Crippen LogP contribution in [0.4, 0.5) is 0 Å². The third-order valence-corrected chi connectivity index (χ3v) is 13.5. The Morgan fingerprint density at radius 2 is 0.667 bits per heavy atom. The molecule has 0 bridgehead atoms. The fourth-order valence-electron chi connectivity index (χ4n) is 6.18. The molecule has 0 saturated carbocycles. The largest absolute Gasteiger partial charge is 0.289 e. The Kier molecular flexibility index (Phi) is 12.4. The van der Waals surface area contributed by atoms with Crippen molar-refractivity contribution >= 4 is 68.2 Å². The molecule has 4 aromatic rings. The Morgan fingerprint density at radius 1 is 0.333 bits per heavy atom. The monoisotopic (exact) mass is 710 g/mol. The Bertz CT molecular complexity index is 1700. The van der Waals surface area contributed by atoms with Crippen LogP contribution in [-0.4, -0.2) is 46.1 Å². The lowest BCUT2D eigenvalue weighted by Crippen LogP contribution is -2.21. The van der Waals surface area contributed by atoms with Crippen LogP contribution in [0.5, 0.6) is 0 Å². The number of fused-ring (bicyclic) bond motifs is 4. The molecule has 8 heteroatoms. The zero-order valence-electron chi connectivity index (χ0n) is 26.8. The van der Waals surface area contributed by atoms with Gasteiger partial charge in [-0.1, -0.05) is 120 Å². The standard InChI is InChI=1S/C40H38O4S4/c41-37-27-15-5-7-17-29(27)39(43)35-31(37)19-13-21-33(35)45-23-9-1-3-11-25-47-48-26-12-4-2-10-24-46-34-22-14-20-32-36(34)40(44)30-18-8-6-16-28(30)38(32)42/h5-8,13-22H,1-4,9-12,23-26H2. The normalized spacial score (nSPS) is 13.2. The summed E-state index contributed by atoms with van der Waals surface area (Å²) in [4.78, 5) is 54.1. The minimum atomic E-state index is -0.0546. The third kappa shape index (κ3) is 7.88. The van der Waals surface area contributed by atoms with Gasteiger partial charge in [0.25, 0.3) is 0 Å². The number of rotatable bonds is 17.